The summed E-state index contributed by atoms with van der Waals surface area (Å²) in [6.07, 6.45) is 2.35. The van der Waals surface area contributed by atoms with Crippen LogP contribution < -0.4 is 14.8 Å². The second kappa shape index (κ2) is 13.2. The molecule has 12 nitrogen and oxygen atoms in total. The van der Waals surface area contributed by atoms with Crippen molar-refractivity contribution in [3.63, 3.8) is 0 Å². The number of nitrogens with zero attached hydrogens (tertiary/aromatic N) is 5. The van der Waals surface area contributed by atoms with E-state index in [1.165, 1.54) is 12.0 Å². The van der Waals surface area contributed by atoms with Crippen LogP contribution in [0.2, 0.25) is 0 Å². The minimum absolute atomic E-state index is 0.0376. The number of carbonyl (C=O) groups excluding carboxylic acids is 2. The highest BCUT2D eigenvalue weighted by Gasteiger charge is 2.29. The minimum Gasteiger partial charge on any atom is -0.497 e. The van der Waals surface area contributed by atoms with Gasteiger partial charge in [0.2, 0.25) is 5.91 Å². The van der Waals surface area contributed by atoms with Crippen LogP contribution in [0.15, 0.2) is 24.4 Å². The van der Waals surface area contributed by atoms with Gasteiger partial charge in [0.15, 0.2) is 0 Å². The van der Waals surface area contributed by atoms with E-state index in [1.807, 2.05) is 20.0 Å². The summed E-state index contributed by atoms with van der Waals surface area (Å²) in [6, 6.07) is 4.47. The summed E-state index contributed by atoms with van der Waals surface area (Å²) >= 11 is 0. The van der Waals surface area contributed by atoms with Crippen LogP contribution in [0.5, 0.6) is 11.5 Å². The van der Waals surface area contributed by atoms with E-state index < -0.39 is 6.10 Å². The molecule has 2 aromatic rings. The van der Waals surface area contributed by atoms with Gasteiger partial charge in [-0.15, -0.1) is 5.10 Å². The van der Waals surface area contributed by atoms with Crippen LogP contribution in [0.25, 0.3) is 0 Å². The van der Waals surface area contributed by atoms with Gasteiger partial charge in [-0.2, -0.15) is 0 Å². The third-order valence-electron chi connectivity index (χ3n) is 6.50. The molecule has 37 heavy (non-hydrogen) atoms. The number of aryl methyl sites for hydroxylation is 1. The normalized spacial score (nSPS) is 19.7. The molecule has 2 N–H and O–H groups in total. The van der Waals surface area contributed by atoms with E-state index in [1.54, 1.807) is 41.9 Å². The minimum atomic E-state index is -0.416. The first-order valence-electron chi connectivity index (χ1n) is 12.4. The van der Waals surface area contributed by atoms with Gasteiger partial charge >= 0.3 is 6.03 Å². The molecule has 0 fully saturated rings. The number of amides is 3. The fourth-order valence-electron chi connectivity index (χ4n) is 4.16. The van der Waals surface area contributed by atoms with E-state index in [0.717, 1.165) is 0 Å². The molecule has 2 heterocycles. The van der Waals surface area contributed by atoms with Crippen molar-refractivity contribution < 1.29 is 28.9 Å². The lowest BCUT2D eigenvalue weighted by Crippen LogP contribution is -2.48. The first-order valence-corrected chi connectivity index (χ1v) is 12.4. The van der Waals surface area contributed by atoms with Crippen LogP contribution in [-0.2, 0) is 22.7 Å². The number of methoxy groups -OCH3 is 2. The summed E-state index contributed by atoms with van der Waals surface area (Å²) in [5.41, 5.74) is 1.19. The van der Waals surface area contributed by atoms with Gasteiger partial charge in [-0.3, -0.25) is 9.48 Å². The van der Waals surface area contributed by atoms with Crippen molar-refractivity contribution in [1.82, 2.24) is 24.8 Å². The van der Waals surface area contributed by atoms with Gasteiger partial charge < -0.3 is 34.4 Å². The predicted molar refractivity (Wildman–Crippen MR) is 136 cm³/mol. The maximum absolute atomic E-state index is 13.1. The number of aliphatic hydroxyl groups is 1. The van der Waals surface area contributed by atoms with Gasteiger partial charge in [-0.25, -0.2) is 4.79 Å². The first kappa shape index (κ1) is 28.2. The number of nitrogens with one attached hydrogen (secondary N) is 1. The summed E-state index contributed by atoms with van der Waals surface area (Å²) < 4.78 is 18.5. The van der Waals surface area contributed by atoms with E-state index >= 15 is 0 Å². The molecule has 3 atom stereocenters. The number of likely N-dealkylation sites (N-methyl/N-ethyl adjacent to an activating group) is 1. The molecule has 1 aliphatic heterocycles. The number of rotatable bonds is 7. The smallest absolute Gasteiger partial charge is 0.321 e. The van der Waals surface area contributed by atoms with Crippen molar-refractivity contribution in [3.8, 4) is 11.5 Å². The van der Waals surface area contributed by atoms with Crippen molar-refractivity contribution in [2.24, 2.45) is 5.92 Å². The second-order valence-electron chi connectivity index (χ2n) is 9.36. The highest BCUT2D eigenvalue weighted by atomic mass is 16.5. The van der Waals surface area contributed by atoms with Gasteiger partial charge in [-0.1, -0.05) is 12.1 Å². The standard InChI is InChI=1S/C25H38N6O6/c1-17-12-31(18(2)15-32)24(33)7-6-10-30-13-19(27-28-30)16-37-23(17)14-29(3)25(34)26-21-9-8-20(35-4)11-22(21)36-5/h8-9,11,13,17-18,23,32H,6-7,10,12,14-16H2,1-5H3,(H,26,34)/t17-,18+,23+/m0/s1. The zero-order valence-electron chi connectivity index (χ0n) is 22.2. The number of aromatic nitrogens is 3. The molecule has 204 valence electrons. The van der Waals surface area contributed by atoms with Crippen molar-refractivity contribution in [3.05, 3.63) is 30.1 Å². The van der Waals surface area contributed by atoms with Crippen molar-refractivity contribution >= 4 is 17.6 Å². The third-order valence-corrected chi connectivity index (χ3v) is 6.50. The number of urea groups is 1. The molecule has 1 aliphatic rings. The quantitative estimate of drug-likeness (QED) is 0.569. The third kappa shape index (κ3) is 7.56. The Hall–Kier alpha value is -3.38. The molecular formula is C25H38N6O6. The number of aliphatic hydroxyl groups excluding tert-OH is 1. The Morgan fingerprint density at radius 1 is 1.35 bits per heavy atom. The number of ether oxygens (including phenoxy) is 3. The SMILES string of the molecule is COc1ccc(NC(=O)N(C)C[C@H]2OCc3cn(nn3)CCCC(=O)N([C@H](C)CO)C[C@@H]2C)c(OC)c1. The van der Waals surface area contributed by atoms with Gasteiger partial charge in [0.1, 0.15) is 17.2 Å². The van der Waals surface area contributed by atoms with Gasteiger partial charge in [0.05, 0.1) is 51.5 Å². The number of anilines is 1. The molecule has 0 saturated carbocycles. The largest absolute Gasteiger partial charge is 0.497 e. The lowest BCUT2D eigenvalue weighted by Gasteiger charge is -2.35. The van der Waals surface area contributed by atoms with Gasteiger partial charge in [0, 0.05) is 45.1 Å². The Bertz CT molecular complexity index is 1050. The summed E-state index contributed by atoms with van der Waals surface area (Å²) in [4.78, 5) is 29.3. The van der Waals surface area contributed by atoms with Crippen LogP contribution in [0.1, 0.15) is 32.4 Å². The molecule has 12 heteroatoms. The van der Waals surface area contributed by atoms with Crippen LogP contribution in [-0.4, -0.2) is 94.9 Å². The Labute approximate surface area is 217 Å². The average Bonchev–Trinajstić information content (AvgIpc) is 3.36. The number of hydrogen-bond acceptors (Lipinski definition) is 8. The van der Waals surface area contributed by atoms with Crippen molar-refractivity contribution in [1.29, 1.82) is 0 Å². The summed E-state index contributed by atoms with van der Waals surface area (Å²) in [6.45, 7) is 5.10. The molecule has 3 rings (SSSR count). The van der Waals surface area contributed by atoms with E-state index in [4.69, 9.17) is 14.2 Å². The maximum Gasteiger partial charge on any atom is 0.321 e. The lowest BCUT2D eigenvalue weighted by atomic mass is 10.0. The fraction of sp³-hybridized carbons (Fsp3) is 0.600. The van der Waals surface area contributed by atoms with E-state index in [0.29, 0.717) is 48.8 Å². The van der Waals surface area contributed by atoms with Crippen LogP contribution in [0.4, 0.5) is 10.5 Å². The van der Waals surface area contributed by atoms with Crippen molar-refractivity contribution in [2.45, 2.75) is 52.0 Å². The fourth-order valence-corrected chi connectivity index (χ4v) is 4.16. The topological polar surface area (TPSA) is 131 Å². The Morgan fingerprint density at radius 3 is 2.84 bits per heavy atom. The second-order valence-corrected chi connectivity index (χ2v) is 9.36. The summed E-state index contributed by atoms with van der Waals surface area (Å²) in [5.74, 6) is 0.912. The average molecular weight is 519 g/mol. The van der Waals surface area contributed by atoms with Crippen LogP contribution in [0, 0.1) is 5.92 Å². The molecule has 0 aliphatic carbocycles. The highest BCUT2D eigenvalue weighted by molar-refractivity contribution is 5.91. The summed E-state index contributed by atoms with van der Waals surface area (Å²) in [5, 5.41) is 20.9. The Morgan fingerprint density at radius 2 is 2.14 bits per heavy atom. The van der Waals surface area contributed by atoms with E-state index in [2.05, 4.69) is 15.6 Å². The molecule has 0 saturated heterocycles. The molecule has 0 unspecified atom stereocenters. The molecular weight excluding hydrogens is 480 g/mol. The molecule has 0 spiro atoms. The van der Waals surface area contributed by atoms with E-state index in [9.17, 15) is 14.7 Å². The van der Waals surface area contributed by atoms with Crippen LogP contribution >= 0.6 is 0 Å². The Kier molecular flexibility index (Phi) is 10.1. The first-order chi connectivity index (χ1) is 17.7. The lowest BCUT2D eigenvalue weighted by molar-refractivity contribution is -0.136. The summed E-state index contributed by atoms with van der Waals surface area (Å²) in [7, 11) is 4.76. The van der Waals surface area contributed by atoms with E-state index in [-0.39, 0.29) is 43.7 Å². The number of benzene rings is 1. The molecule has 1 aromatic heterocycles. The zero-order chi connectivity index (χ0) is 26.9. The number of hydrogen-bond donors (Lipinski definition) is 2. The number of carbonyl (C=O) groups is 2. The predicted octanol–water partition coefficient (Wildman–Crippen LogP) is 1.98. The monoisotopic (exact) mass is 518 g/mol. The number of fused-ring (bicyclic) bond motifs is 2. The zero-order valence-corrected chi connectivity index (χ0v) is 22.2. The van der Waals surface area contributed by atoms with Crippen molar-refractivity contribution in [2.75, 3.05) is 46.3 Å². The van der Waals surface area contributed by atoms with Crippen LogP contribution in [0.3, 0.4) is 0 Å². The van der Waals surface area contributed by atoms with Gasteiger partial charge in [-0.05, 0) is 25.5 Å². The maximum atomic E-state index is 13.1. The highest BCUT2D eigenvalue weighted by Crippen LogP contribution is 2.29. The molecule has 0 radical (unpaired) electrons. The molecule has 2 bridgehead atoms. The molecule has 1 aromatic carbocycles. The van der Waals surface area contributed by atoms with Gasteiger partial charge in [0.25, 0.3) is 0 Å². The Balaban J connectivity index is 1.76. The molecule has 3 amide bonds.